The van der Waals surface area contributed by atoms with Crippen molar-refractivity contribution >= 4 is 0 Å². The first-order valence-electron chi connectivity index (χ1n) is 6.61. The molecule has 1 aliphatic heterocycles. The van der Waals surface area contributed by atoms with Crippen LogP contribution in [0.1, 0.15) is 44.2 Å². The number of hydrogen-bond acceptors (Lipinski definition) is 2. The Kier molecular flexibility index (Phi) is 3.85. The molecule has 1 aliphatic rings. The van der Waals surface area contributed by atoms with E-state index in [1.807, 2.05) is 0 Å². The lowest BCUT2D eigenvalue weighted by Gasteiger charge is -2.37. The zero-order chi connectivity index (χ0) is 12.3. The minimum atomic E-state index is -0.689. The van der Waals surface area contributed by atoms with Gasteiger partial charge in [0, 0.05) is 12.8 Å². The third-order valence-electron chi connectivity index (χ3n) is 3.79. The van der Waals surface area contributed by atoms with Crippen LogP contribution in [-0.4, -0.2) is 17.8 Å². The maximum absolute atomic E-state index is 10.7. The Morgan fingerprint density at radius 2 is 2.00 bits per heavy atom. The molecule has 0 aromatic heterocycles. The van der Waals surface area contributed by atoms with Crippen LogP contribution in [-0.2, 0) is 16.8 Å². The maximum Gasteiger partial charge on any atom is 0.0943 e. The van der Waals surface area contributed by atoms with E-state index in [4.69, 9.17) is 4.74 Å². The van der Waals surface area contributed by atoms with Gasteiger partial charge in [-0.2, -0.15) is 0 Å². The molecule has 1 fully saturated rings. The van der Waals surface area contributed by atoms with Gasteiger partial charge in [-0.05, 0) is 24.0 Å². The SMILES string of the molecule is CCc1ccc(C2(O)CCOC(CC)C2)cc1. The number of aliphatic hydroxyl groups is 1. The van der Waals surface area contributed by atoms with Crippen LogP contribution in [0.3, 0.4) is 0 Å². The Morgan fingerprint density at radius 3 is 2.59 bits per heavy atom. The van der Waals surface area contributed by atoms with E-state index in [-0.39, 0.29) is 6.10 Å². The van der Waals surface area contributed by atoms with Gasteiger partial charge in [-0.25, -0.2) is 0 Å². The minimum Gasteiger partial charge on any atom is -0.385 e. The van der Waals surface area contributed by atoms with Gasteiger partial charge in [0.15, 0.2) is 0 Å². The van der Waals surface area contributed by atoms with Crippen LogP contribution in [0, 0.1) is 0 Å². The van der Waals surface area contributed by atoms with E-state index in [0.29, 0.717) is 13.0 Å². The molecule has 2 unspecified atom stereocenters. The van der Waals surface area contributed by atoms with Gasteiger partial charge in [0.1, 0.15) is 0 Å². The van der Waals surface area contributed by atoms with Crippen molar-refractivity contribution in [1.82, 2.24) is 0 Å². The Labute approximate surface area is 104 Å². The number of aryl methyl sites for hydroxylation is 1. The smallest absolute Gasteiger partial charge is 0.0943 e. The van der Waals surface area contributed by atoms with E-state index >= 15 is 0 Å². The van der Waals surface area contributed by atoms with Crippen LogP contribution in [0.25, 0.3) is 0 Å². The zero-order valence-corrected chi connectivity index (χ0v) is 10.8. The molecule has 2 nitrogen and oxygen atoms in total. The molecule has 0 bridgehead atoms. The molecule has 0 radical (unpaired) electrons. The largest absolute Gasteiger partial charge is 0.385 e. The quantitative estimate of drug-likeness (QED) is 0.871. The van der Waals surface area contributed by atoms with Gasteiger partial charge >= 0.3 is 0 Å². The van der Waals surface area contributed by atoms with E-state index in [1.165, 1.54) is 5.56 Å². The molecule has 2 rings (SSSR count). The monoisotopic (exact) mass is 234 g/mol. The van der Waals surface area contributed by atoms with Crippen molar-refractivity contribution in [3.05, 3.63) is 35.4 Å². The first-order chi connectivity index (χ1) is 8.18. The van der Waals surface area contributed by atoms with Crippen LogP contribution in [0.4, 0.5) is 0 Å². The molecule has 0 aliphatic carbocycles. The van der Waals surface area contributed by atoms with Crippen LogP contribution >= 0.6 is 0 Å². The molecule has 2 atom stereocenters. The highest BCUT2D eigenvalue weighted by Crippen LogP contribution is 2.35. The van der Waals surface area contributed by atoms with Gasteiger partial charge in [0.25, 0.3) is 0 Å². The normalized spacial score (nSPS) is 29.2. The lowest BCUT2D eigenvalue weighted by molar-refractivity contribution is -0.108. The van der Waals surface area contributed by atoms with E-state index in [9.17, 15) is 5.11 Å². The molecule has 0 spiro atoms. The number of benzene rings is 1. The summed E-state index contributed by atoms with van der Waals surface area (Å²) in [4.78, 5) is 0. The molecule has 1 aromatic rings. The summed E-state index contributed by atoms with van der Waals surface area (Å²) in [5, 5.41) is 10.7. The Morgan fingerprint density at radius 1 is 1.29 bits per heavy atom. The summed E-state index contributed by atoms with van der Waals surface area (Å²) in [6, 6.07) is 8.36. The van der Waals surface area contributed by atoms with Crippen molar-refractivity contribution in [3.63, 3.8) is 0 Å². The highest BCUT2D eigenvalue weighted by atomic mass is 16.5. The molecule has 0 saturated carbocycles. The van der Waals surface area contributed by atoms with E-state index in [0.717, 1.165) is 24.8 Å². The minimum absolute atomic E-state index is 0.194. The fraction of sp³-hybridized carbons (Fsp3) is 0.600. The van der Waals surface area contributed by atoms with Crippen LogP contribution in [0.2, 0.25) is 0 Å². The average molecular weight is 234 g/mol. The van der Waals surface area contributed by atoms with E-state index in [1.54, 1.807) is 0 Å². The summed E-state index contributed by atoms with van der Waals surface area (Å²) in [6.07, 6.45) is 3.62. The third-order valence-corrected chi connectivity index (χ3v) is 3.79. The van der Waals surface area contributed by atoms with Crippen LogP contribution in [0.15, 0.2) is 24.3 Å². The van der Waals surface area contributed by atoms with Gasteiger partial charge in [0.05, 0.1) is 18.3 Å². The lowest BCUT2D eigenvalue weighted by atomic mass is 9.83. The predicted molar refractivity (Wildman–Crippen MR) is 69.0 cm³/mol. The summed E-state index contributed by atoms with van der Waals surface area (Å²) in [6.45, 7) is 4.91. The molecule has 2 heteroatoms. The molecule has 17 heavy (non-hydrogen) atoms. The van der Waals surface area contributed by atoms with Gasteiger partial charge < -0.3 is 9.84 Å². The molecule has 0 amide bonds. The second-order valence-corrected chi connectivity index (χ2v) is 4.94. The summed E-state index contributed by atoms with van der Waals surface area (Å²) in [5.41, 5.74) is 1.67. The molecule has 94 valence electrons. The summed E-state index contributed by atoms with van der Waals surface area (Å²) >= 11 is 0. The van der Waals surface area contributed by atoms with Crippen molar-refractivity contribution < 1.29 is 9.84 Å². The van der Waals surface area contributed by atoms with E-state index < -0.39 is 5.60 Å². The van der Waals surface area contributed by atoms with Gasteiger partial charge in [0.2, 0.25) is 0 Å². The highest BCUT2D eigenvalue weighted by molar-refractivity contribution is 5.27. The number of rotatable bonds is 3. The van der Waals surface area contributed by atoms with Crippen molar-refractivity contribution in [2.75, 3.05) is 6.61 Å². The Hall–Kier alpha value is -0.860. The maximum atomic E-state index is 10.7. The van der Waals surface area contributed by atoms with E-state index in [2.05, 4.69) is 38.1 Å². The van der Waals surface area contributed by atoms with Gasteiger partial charge in [-0.15, -0.1) is 0 Å². The first-order valence-corrected chi connectivity index (χ1v) is 6.61. The standard InChI is InChI=1S/C15H22O2/c1-3-12-5-7-13(8-6-12)15(16)9-10-17-14(4-2)11-15/h5-8,14,16H,3-4,9-11H2,1-2H3. The topological polar surface area (TPSA) is 29.5 Å². The van der Waals surface area contributed by atoms with Crippen LogP contribution < -0.4 is 0 Å². The van der Waals surface area contributed by atoms with Gasteiger partial charge in [-0.3, -0.25) is 0 Å². The van der Waals surface area contributed by atoms with Crippen LogP contribution in [0.5, 0.6) is 0 Å². The summed E-state index contributed by atoms with van der Waals surface area (Å²) < 4.78 is 5.63. The molecular formula is C15H22O2. The second kappa shape index (κ2) is 5.19. The summed E-state index contributed by atoms with van der Waals surface area (Å²) in [7, 11) is 0. The predicted octanol–water partition coefficient (Wildman–Crippen LogP) is 3.03. The highest BCUT2D eigenvalue weighted by Gasteiger charge is 2.35. The fourth-order valence-corrected chi connectivity index (χ4v) is 2.51. The van der Waals surface area contributed by atoms with Crippen molar-refractivity contribution in [1.29, 1.82) is 0 Å². The van der Waals surface area contributed by atoms with Crippen molar-refractivity contribution in [2.24, 2.45) is 0 Å². The fourth-order valence-electron chi connectivity index (χ4n) is 2.51. The molecule has 1 heterocycles. The average Bonchev–Trinajstić information content (AvgIpc) is 2.39. The first kappa shape index (κ1) is 12.6. The molecular weight excluding hydrogens is 212 g/mol. The Bertz CT molecular complexity index is 358. The second-order valence-electron chi connectivity index (χ2n) is 4.94. The molecule has 1 saturated heterocycles. The molecule has 1 N–H and O–H groups in total. The number of ether oxygens (including phenoxy) is 1. The third kappa shape index (κ3) is 2.70. The van der Waals surface area contributed by atoms with Crippen molar-refractivity contribution in [3.8, 4) is 0 Å². The van der Waals surface area contributed by atoms with Gasteiger partial charge in [-0.1, -0.05) is 38.1 Å². The van der Waals surface area contributed by atoms with Crippen molar-refractivity contribution in [2.45, 2.75) is 51.2 Å². The Balaban J connectivity index is 2.18. The lowest BCUT2D eigenvalue weighted by Crippen LogP contribution is -2.38. The summed E-state index contributed by atoms with van der Waals surface area (Å²) in [5.74, 6) is 0. The zero-order valence-electron chi connectivity index (χ0n) is 10.8. The number of hydrogen-bond donors (Lipinski definition) is 1. The molecule has 1 aromatic carbocycles.